The topological polar surface area (TPSA) is 99.3 Å². The molecule has 32 heavy (non-hydrogen) atoms. The smallest absolute Gasteiger partial charge is 0.410 e. The van der Waals surface area contributed by atoms with Gasteiger partial charge in [0.25, 0.3) is 0 Å². The van der Waals surface area contributed by atoms with Gasteiger partial charge in [-0.15, -0.1) is 0 Å². The van der Waals surface area contributed by atoms with E-state index in [1.165, 1.54) is 4.31 Å². The van der Waals surface area contributed by atoms with Crippen LogP contribution < -0.4 is 5.32 Å². The molecule has 0 saturated carbocycles. The average Bonchev–Trinajstić information content (AvgIpc) is 2.77. The van der Waals surface area contributed by atoms with E-state index in [0.717, 1.165) is 19.3 Å². The number of anilines is 1. The predicted molar refractivity (Wildman–Crippen MR) is 122 cm³/mol. The summed E-state index contributed by atoms with van der Waals surface area (Å²) in [7, 11) is -3.52. The zero-order valence-electron chi connectivity index (χ0n) is 19.2. The lowest BCUT2D eigenvalue weighted by molar-refractivity contribution is -0.131. The van der Waals surface area contributed by atoms with Crippen LogP contribution in [0.15, 0.2) is 29.2 Å². The van der Waals surface area contributed by atoms with Crippen molar-refractivity contribution in [3.8, 4) is 0 Å². The fraction of sp³-hybridized carbons (Fsp3) is 0.636. The van der Waals surface area contributed by atoms with Crippen molar-refractivity contribution in [2.24, 2.45) is 0 Å². The minimum absolute atomic E-state index is 0.0552. The molecular formula is C22H34N4O5S. The molecule has 0 aromatic heterocycles. The third-order valence-electron chi connectivity index (χ3n) is 5.51. The summed E-state index contributed by atoms with van der Waals surface area (Å²) in [6.45, 7) is 8.33. The van der Waals surface area contributed by atoms with E-state index in [1.54, 1.807) is 34.1 Å². The molecule has 2 amide bonds. The van der Waals surface area contributed by atoms with Crippen LogP contribution in [0.3, 0.4) is 0 Å². The van der Waals surface area contributed by atoms with Crippen LogP contribution in [-0.4, -0.2) is 85.9 Å². The first kappa shape index (κ1) is 24.3. The molecule has 2 heterocycles. The van der Waals surface area contributed by atoms with Crippen LogP contribution in [0.5, 0.6) is 0 Å². The van der Waals surface area contributed by atoms with Crippen molar-refractivity contribution in [2.45, 2.75) is 50.5 Å². The van der Waals surface area contributed by atoms with E-state index >= 15 is 0 Å². The number of piperidine rings is 1. The molecule has 2 aliphatic heterocycles. The minimum atomic E-state index is -3.52. The number of hydrogen-bond donors (Lipinski definition) is 1. The van der Waals surface area contributed by atoms with E-state index in [2.05, 4.69) is 5.32 Å². The van der Waals surface area contributed by atoms with Gasteiger partial charge in [-0.3, -0.25) is 4.79 Å². The van der Waals surface area contributed by atoms with Gasteiger partial charge in [0.05, 0.1) is 11.4 Å². The highest BCUT2D eigenvalue weighted by atomic mass is 32.2. The minimum Gasteiger partial charge on any atom is -0.444 e. The molecule has 0 bridgehead atoms. The maximum Gasteiger partial charge on any atom is 0.410 e. The summed E-state index contributed by atoms with van der Waals surface area (Å²) >= 11 is 0. The number of benzene rings is 1. The normalized spacial score (nSPS) is 18.3. The Bertz CT molecular complexity index is 914. The summed E-state index contributed by atoms with van der Waals surface area (Å²) < 4.78 is 32.7. The standard InChI is InChI=1S/C22H34N4O5S/c1-22(2,3)31-21(28)25-14-12-24(13-15-25)20(27)17-23-18-8-7-9-19(16-18)32(29,30)26-10-5-4-6-11-26/h7-9,16,23H,4-6,10-15,17H2,1-3H3. The van der Waals surface area contributed by atoms with Crippen molar-refractivity contribution in [3.05, 3.63) is 24.3 Å². The van der Waals surface area contributed by atoms with Crippen molar-refractivity contribution in [3.63, 3.8) is 0 Å². The highest BCUT2D eigenvalue weighted by Crippen LogP contribution is 2.23. The molecule has 0 unspecified atom stereocenters. The Morgan fingerprint density at radius 2 is 1.59 bits per heavy atom. The highest BCUT2D eigenvalue weighted by molar-refractivity contribution is 7.89. The highest BCUT2D eigenvalue weighted by Gasteiger charge is 2.28. The molecule has 1 aromatic carbocycles. The molecule has 0 radical (unpaired) electrons. The molecule has 0 aliphatic carbocycles. The van der Waals surface area contributed by atoms with E-state index < -0.39 is 15.6 Å². The quantitative estimate of drug-likeness (QED) is 0.715. The Morgan fingerprint density at radius 3 is 2.22 bits per heavy atom. The lowest BCUT2D eigenvalue weighted by atomic mass is 10.2. The maximum absolute atomic E-state index is 12.9. The van der Waals surface area contributed by atoms with Crippen molar-refractivity contribution in [2.75, 3.05) is 51.1 Å². The van der Waals surface area contributed by atoms with Crippen LogP contribution in [0.4, 0.5) is 10.5 Å². The number of hydrogen-bond acceptors (Lipinski definition) is 6. The number of carbonyl (C=O) groups is 2. The first-order valence-corrected chi connectivity index (χ1v) is 12.6. The number of amides is 2. The predicted octanol–water partition coefficient (Wildman–Crippen LogP) is 2.35. The SMILES string of the molecule is CC(C)(C)OC(=O)N1CCN(C(=O)CNc2cccc(S(=O)(=O)N3CCCCC3)c2)CC1. The van der Waals surface area contributed by atoms with Gasteiger partial charge in [0.1, 0.15) is 5.60 Å². The second-order valence-electron chi connectivity index (χ2n) is 9.19. The fourth-order valence-electron chi connectivity index (χ4n) is 3.78. The molecule has 0 spiro atoms. The van der Waals surface area contributed by atoms with Crippen LogP contribution in [0.2, 0.25) is 0 Å². The van der Waals surface area contributed by atoms with Crippen LogP contribution in [0.25, 0.3) is 0 Å². The number of rotatable bonds is 5. The number of sulfonamides is 1. The van der Waals surface area contributed by atoms with Gasteiger partial charge in [0.2, 0.25) is 15.9 Å². The third-order valence-corrected chi connectivity index (χ3v) is 7.41. The van der Waals surface area contributed by atoms with Crippen LogP contribution in [0, 0.1) is 0 Å². The van der Waals surface area contributed by atoms with Gasteiger partial charge in [-0.1, -0.05) is 12.5 Å². The summed E-state index contributed by atoms with van der Waals surface area (Å²) in [5.74, 6) is -0.0990. The van der Waals surface area contributed by atoms with Gasteiger partial charge < -0.3 is 19.9 Å². The zero-order chi connectivity index (χ0) is 23.4. The molecule has 3 rings (SSSR count). The van der Waals surface area contributed by atoms with Crippen molar-refractivity contribution in [1.82, 2.24) is 14.1 Å². The average molecular weight is 467 g/mol. The first-order chi connectivity index (χ1) is 15.1. The molecule has 1 N–H and O–H groups in total. The summed E-state index contributed by atoms with van der Waals surface area (Å²) in [4.78, 5) is 28.3. The molecule has 2 fully saturated rings. The lowest BCUT2D eigenvalue weighted by Crippen LogP contribution is -2.52. The largest absolute Gasteiger partial charge is 0.444 e. The van der Waals surface area contributed by atoms with Crippen molar-refractivity contribution < 1.29 is 22.7 Å². The zero-order valence-corrected chi connectivity index (χ0v) is 20.0. The number of nitrogens with zero attached hydrogens (tertiary/aromatic N) is 3. The van der Waals surface area contributed by atoms with Gasteiger partial charge >= 0.3 is 6.09 Å². The first-order valence-electron chi connectivity index (χ1n) is 11.2. The molecular weight excluding hydrogens is 432 g/mol. The van der Waals surface area contributed by atoms with Crippen LogP contribution in [0.1, 0.15) is 40.0 Å². The van der Waals surface area contributed by atoms with Gasteiger partial charge in [-0.05, 0) is 51.8 Å². The fourth-order valence-corrected chi connectivity index (χ4v) is 5.34. The number of ether oxygens (including phenoxy) is 1. The lowest BCUT2D eigenvalue weighted by Gasteiger charge is -2.35. The molecule has 1 aromatic rings. The summed E-state index contributed by atoms with van der Waals surface area (Å²) in [5, 5.41) is 3.04. The molecule has 178 valence electrons. The summed E-state index contributed by atoms with van der Waals surface area (Å²) in [6.07, 6.45) is 2.45. The van der Waals surface area contributed by atoms with Crippen LogP contribution >= 0.6 is 0 Å². The monoisotopic (exact) mass is 466 g/mol. The molecule has 9 nitrogen and oxygen atoms in total. The Labute approximate surface area is 190 Å². The van der Waals surface area contributed by atoms with Crippen molar-refractivity contribution >= 4 is 27.7 Å². The molecule has 2 saturated heterocycles. The Kier molecular flexibility index (Phi) is 7.66. The van der Waals surface area contributed by atoms with Gasteiger partial charge in [0.15, 0.2) is 0 Å². The third kappa shape index (κ3) is 6.35. The van der Waals surface area contributed by atoms with E-state index in [4.69, 9.17) is 4.74 Å². The van der Waals surface area contributed by atoms with E-state index in [9.17, 15) is 18.0 Å². The maximum atomic E-state index is 12.9. The van der Waals surface area contributed by atoms with E-state index in [1.807, 2.05) is 20.8 Å². The van der Waals surface area contributed by atoms with Crippen LogP contribution in [-0.2, 0) is 19.6 Å². The Balaban J connectivity index is 1.51. The van der Waals surface area contributed by atoms with Gasteiger partial charge in [-0.25, -0.2) is 13.2 Å². The Morgan fingerprint density at radius 1 is 0.969 bits per heavy atom. The number of nitrogens with one attached hydrogen (secondary N) is 1. The Hall–Kier alpha value is -2.33. The molecule has 10 heteroatoms. The second-order valence-corrected chi connectivity index (χ2v) is 11.1. The number of carbonyl (C=O) groups excluding carboxylic acids is 2. The molecule has 0 atom stereocenters. The van der Waals surface area contributed by atoms with E-state index in [-0.39, 0.29) is 23.4 Å². The summed E-state index contributed by atoms with van der Waals surface area (Å²) in [5.41, 5.74) is 0.0353. The van der Waals surface area contributed by atoms with E-state index in [0.29, 0.717) is 45.0 Å². The second kappa shape index (κ2) is 10.1. The number of piperazine rings is 1. The van der Waals surface area contributed by atoms with Crippen molar-refractivity contribution in [1.29, 1.82) is 0 Å². The molecule has 2 aliphatic rings. The van der Waals surface area contributed by atoms with Gasteiger partial charge in [0, 0.05) is 45.0 Å². The summed E-state index contributed by atoms with van der Waals surface area (Å²) in [6, 6.07) is 6.61. The van der Waals surface area contributed by atoms with Gasteiger partial charge in [-0.2, -0.15) is 4.31 Å².